The maximum Gasteiger partial charge on any atom is 0.306 e. The molecule has 80 heavy (non-hydrogen) atoms. The van der Waals surface area contributed by atoms with E-state index in [2.05, 4.69) is 130 Å². The molecule has 0 aromatic carbocycles. The van der Waals surface area contributed by atoms with Gasteiger partial charge in [-0.05, 0) is 122 Å². The van der Waals surface area contributed by atoms with Crippen molar-refractivity contribution in [3.63, 3.8) is 0 Å². The standard InChI is InChI=1S/C74H126O6/c1-4-7-10-13-16-19-22-25-28-30-31-32-33-34-35-36-37-38-39-40-41-42-43-45-46-49-52-55-58-61-64-67-73(76)79-70-71(69-78-72(75)66-63-60-57-54-51-48-27-24-21-18-15-12-9-6-3)80-74(77)68-65-62-59-56-53-50-47-44-29-26-23-20-17-14-11-8-5-2/h7-8,10-11,16-17,19-20,24-29,31-32,34-35,71H,4-6,9,12-15,18,21-23,30,33,36-70H2,1-3H3/b10-7-,11-8-,19-16-,20-17-,27-24-,28-25-,29-26-,32-31-,35-34-. The van der Waals surface area contributed by atoms with Crippen molar-refractivity contribution in [2.24, 2.45) is 0 Å². The fourth-order valence-corrected chi connectivity index (χ4v) is 9.48. The molecule has 6 nitrogen and oxygen atoms in total. The normalized spacial score (nSPS) is 12.8. The summed E-state index contributed by atoms with van der Waals surface area (Å²) in [6.45, 7) is 6.42. The van der Waals surface area contributed by atoms with Crippen molar-refractivity contribution in [2.45, 2.75) is 329 Å². The summed E-state index contributed by atoms with van der Waals surface area (Å²) in [5.41, 5.74) is 0. The van der Waals surface area contributed by atoms with E-state index in [1.807, 2.05) is 0 Å². The van der Waals surface area contributed by atoms with Crippen LogP contribution < -0.4 is 0 Å². The number of ether oxygens (including phenoxy) is 3. The van der Waals surface area contributed by atoms with Crippen LogP contribution in [-0.2, 0) is 28.6 Å². The summed E-state index contributed by atoms with van der Waals surface area (Å²) < 4.78 is 16.9. The summed E-state index contributed by atoms with van der Waals surface area (Å²) in [6, 6.07) is 0. The van der Waals surface area contributed by atoms with Gasteiger partial charge < -0.3 is 14.2 Å². The minimum Gasteiger partial charge on any atom is -0.462 e. The van der Waals surface area contributed by atoms with E-state index in [1.54, 1.807) is 0 Å². The minimum atomic E-state index is -0.788. The Morgan fingerprint density at radius 1 is 0.263 bits per heavy atom. The molecular formula is C74H126O6. The molecule has 0 N–H and O–H groups in total. The van der Waals surface area contributed by atoms with E-state index in [0.29, 0.717) is 19.3 Å². The highest BCUT2D eigenvalue weighted by Gasteiger charge is 2.19. The summed E-state index contributed by atoms with van der Waals surface area (Å²) in [5, 5.41) is 0. The predicted molar refractivity (Wildman–Crippen MR) is 348 cm³/mol. The highest BCUT2D eigenvalue weighted by molar-refractivity contribution is 5.71. The van der Waals surface area contributed by atoms with E-state index in [0.717, 1.165) is 122 Å². The number of hydrogen-bond acceptors (Lipinski definition) is 6. The fraction of sp³-hybridized carbons (Fsp3) is 0.716. The molecule has 6 heteroatoms. The van der Waals surface area contributed by atoms with Gasteiger partial charge in [0.15, 0.2) is 6.10 Å². The summed E-state index contributed by atoms with van der Waals surface area (Å²) in [4.78, 5) is 38.4. The Morgan fingerprint density at radius 3 is 0.775 bits per heavy atom. The van der Waals surface area contributed by atoms with Gasteiger partial charge in [-0.25, -0.2) is 0 Å². The van der Waals surface area contributed by atoms with Crippen LogP contribution in [-0.4, -0.2) is 37.2 Å². The first kappa shape index (κ1) is 76.1. The lowest BCUT2D eigenvalue weighted by Crippen LogP contribution is -2.30. The zero-order valence-electron chi connectivity index (χ0n) is 52.6. The van der Waals surface area contributed by atoms with Crippen molar-refractivity contribution in [3.8, 4) is 0 Å². The van der Waals surface area contributed by atoms with E-state index in [4.69, 9.17) is 14.2 Å². The van der Waals surface area contributed by atoms with Crippen LogP contribution in [0.25, 0.3) is 0 Å². The molecule has 0 aliphatic rings. The van der Waals surface area contributed by atoms with Crippen molar-refractivity contribution >= 4 is 17.9 Å². The van der Waals surface area contributed by atoms with Crippen LogP contribution in [0.2, 0.25) is 0 Å². The third kappa shape index (κ3) is 64.9. The minimum absolute atomic E-state index is 0.0832. The molecule has 1 atom stereocenters. The van der Waals surface area contributed by atoms with Gasteiger partial charge in [-0.2, -0.15) is 0 Å². The Balaban J connectivity index is 4.24. The van der Waals surface area contributed by atoms with Gasteiger partial charge in [-0.15, -0.1) is 0 Å². The van der Waals surface area contributed by atoms with Crippen LogP contribution in [0.5, 0.6) is 0 Å². The Kier molecular flexibility index (Phi) is 64.3. The number of esters is 3. The molecule has 0 aliphatic heterocycles. The molecule has 0 heterocycles. The van der Waals surface area contributed by atoms with E-state index < -0.39 is 6.10 Å². The Hall–Kier alpha value is -3.93. The molecule has 0 radical (unpaired) electrons. The average molecular weight is 1110 g/mol. The van der Waals surface area contributed by atoms with Crippen LogP contribution >= 0.6 is 0 Å². The van der Waals surface area contributed by atoms with E-state index >= 15 is 0 Å². The van der Waals surface area contributed by atoms with E-state index in [-0.39, 0.29) is 31.1 Å². The number of unbranched alkanes of at least 4 members (excludes halogenated alkanes) is 32. The van der Waals surface area contributed by atoms with Crippen LogP contribution in [0.3, 0.4) is 0 Å². The summed E-state index contributed by atoms with van der Waals surface area (Å²) in [5.74, 6) is -0.891. The average Bonchev–Trinajstić information content (AvgIpc) is 3.46. The Labute approximate surface area is 495 Å². The number of rotatable bonds is 61. The zero-order chi connectivity index (χ0) is 57.8. The third-order valence-corrected chi connectivity index (χ3v) is 14.5. The van der Waals surface area contributed by atoms with Crippen molar-refractivity contribution in [1.82, 2.24) is 0 Å². The molecule has 0 aliphatic carbocycles. The van der Waals surface area contributed by atoms with Gasteiger partial charge in [-0.3, -0.25) is 14.4 Å². The molecule has 0 aromatic rings. The topological polar surface area (TPSA) is 78.9 Å². The number of allylic oxidation sites excluding steroid dienone is 18. The quantitative estimate of drug-likeness (QED) is 0.0261. The fourth-order valence-electron chi connectivity index (χ4n) is 9.48. The second-order valence-corrected chi connectivity index (χ2v) is 22.3. The molecular weight excluding hydrogens is 985 g/mol. The van der Waals surface area contributed by atoms with Crippen LogP contribution in [0.1, 0.15) is 323 Å². The van der Waals surface area contributed by atoms with Gasteiger partial charge in [0, 0.05) is 19.3 Å². The van der Waals surface area contributed by atoms with Crippen LogP contribution in [0.15, 0.2) is 109 Å². The molecule has 0 amide bonds. The van der Waals surface area contributed by atoms with Gasteiger partial charge in [-0.1, -0.05) is 291 Å². The monoisotopic (exact) mass is 1110 g/mol. The Bertz CT molecular complexity index is 1610. The second-order valence-electron chi connectivity index (χ2n) is 22.3. The van der Waals surface area contributed by atoms with Gasteiger partial charge in [0.1, 0.15) is 13.2 Å². The SMILES string of the molecule is CC/C=C\C/C=C\C/C=C\C/C=C\C/C=C\CCCCCCCCCCCCCCCCCC(=O)OCC(COC(=O)CCCCCCC/C=C\CCCCCCC)OC(=O)CCCCCCCCC/C=C\C/C=C\C/C=C\CC. The van der Waals surface area contributed by atoms with E-state index in [9.17, 15) is 14.4 Å². The number of carbonyl (C=O) groups excluding carboxylic acids is 3. The molecule has 1 unspecified atom stereocenters. The third-order valence-electron chi connectivity index (χ3n) is 14.5. The second kappa shape index (κ2) is 67.6. The smallest absolute Gasteiger partial charge is 0.306 e. The summed E-state index contributed by atoms with van der Waals surface area (Å²) >= 11 is 0. The first-order valence-corrected chi connectivity index (χ1v) is 33.9. The van der Waals surface area contributed by atoms with Gasteiger partial charge in [0.05, 0.1) is 0 Å². The molecule has 0 fully saturated rings. The first-order chi connectivity index (χ1) is 39.5. The largest absolute Gasteiger partial charge is 0.462 e. The molecule has 0 bridgehead atoms. The van der Waals surface area contributed by atoms with Crippen molar-refractivity contribution in [1.29, 1.82) is 0 Å². The van der Waals surface area contributed by atoms with E-state index in [1.165, 1.54) is 161 Å². The number of carbonyl (C=O) groups is 3. The summed E-state index contributed by atoms with van der Waals surface area (Å²) in [6.07, 6.45) is 92.5. The molecule has 458 valence electrons. The van der Waals surface area contributed by atoms with Crippen LogP contribution in [0.4, 0.5) is 0 Å². The van der Waals surface area contributed by atoms with Crippen LogP contribution in [0, 0.1) is 0 Å². The first-order valence-electron chi connectivity index (χ1n) is 33.9. The highest BCUT2D eigenvalue weighted by Crippen LogP contribution is 2.17. The maximum absolute atomic E-state index is 12.9. The van der Waals surface area contributed by atoms with Gasteiger partial charge in [0.2, 0.25) is 0 Å². The van der Waals surface area contributed by atoms with Crippen molar-refractivity contribution in [3.05, 3.63) is 109 Å². The van der Waals surface area contributed by atoms with Gasteiger partial charge >= 0.3 is 17.9 Å². The lowest BCUT2D eigenvalue weighted by Gasteiger charge is -2.18. The van der Waals surface area contributed by atoms with Gasteiger partial charge in [0.25, 0.3) is 0 Å². The lowest BCUT2D eigenvalue weighted by molar-refractivity contribution is -0.167. The summed E-state index contributed by atoms with van der Waals surface area (Å²) in [7, 11) is 0. The highest BCUT2D eigenvalue weighted by atomic mass is 16.6. The predicted octanol–water partition coefficient (Wildman–Crippen LogP) is 23.4. The molecule has 0 saturated carbocycles. The lowest BCUT2D eigenvalue weighted by atomic mass is 10.0. The van der Waals surface area contributed by atoms with Crippen molar-refractivity contribution < 1.29 is 28.6 Å². The molecule has 0 aromatic heterocycles. The zero-order valence-corrected chi connectivity index (χ0v) is 52.6. The van der Waals surface area contributed by atoms with Crippen molar-refractivity contribution in [2.75, 3.05) is 13.2 Å². The molecule has 0 spiro atoms. The Morgan fingerprint density at radius 2 is 0.487 bits per heavy atom. The molecule has 0 rings (SSSR count). The maximum atomic E-state index is 12.9. The molecule has 0 saturated heterocycles. The number of hydrogen-bond donors (Lipinski definition) is 0.